The number of phenols is 1. The first-order valence-electron chi connectivity index (χ1n) is 4.63. The summed E-state index contributed by atoms with van der Waals surface area (Å²) < 4.78 is 0. The van der Waals surface area contributed by atoms with Crippen LogP contribution in [0, 0.1) is 0 Å². The van der Waals surface area contributed by atoms with E-state index < -0.39 is 0 Å². The summed E-state index contributed by atoms with van der Waals surface area (Å²) in [6, 6.07) is 6.41. The summed E-state index contributed by atoms with van der Waals surface area (Å²) in [7, 11) is 0. The topological polar surface area (TPSA) is 81.6 Å². The predicted octanol–water partition coefficient (Wildman–Crippen LogP) is 0.184. The Morgan fingerprint density at radius 3 is 2.67 bits per heavy atom. The zero-order valence-corrected chi connectivity index (χ0v) is 8.23. The van der Waals surface area contributed by atoms with Crippen LogP contribution in [0.25, 0.3) is 0 Å². The number of aromatic hydroxyl groups is 1. The summed E-state index contributed by atoms with van der Waals surface area (Å²) in [4.78, 5) is 11.1. The van der Waals surface area contributed by atoms with Gasteiger partial charge in [0.1, 0.15) is 5.75 Å². The van der Waals surface area contributed by atoms with Gasteiger partial charge in [0.2, 0.25) is 0 Å². The molecule has 0 aliphatic carbocycles. The number of urea groups is 1. The number of hydrogen-bond acceptors (Lipinski definition) is 3. The van der Waals surface area contributed by atoms with Crippen molar-refractivity contribution in [1.29, 1.82) is 0 Å². The molecule has 1 aromatic rings. The number of benzene rings is 1. The third kappa shape index (κ3) is 3.86. The van der Waals surface area contributed by atoms with Gasteiger partial charge < -0.3 is 20.8 Å². The third-order valence-corrected chi connectivity index (χ3v) is 1.83. The molecule has 1 rings (SSSR count). The smallest absolute Gasteiger partial charge is 0.315 e. The highest BCUT2D eigenvalue weighted by Crippen LogP contribution is 2.14. The van der Waals surface area contributed by atoms with E-state index in [9.17, 15) is 9.90 Å². The van der Waals surface area contributed by atoms with Gasteiger partial charge in [0, 0.05) is 18.7 Å². The van der Waals surface area contributed by atoms with E-state index in [0.717, 1.165) is 0 Å². The molecule has 0 atom stereocenters. The molecule has 2 amide bonds. The molecular weight excluding hydrogens is 196 g/mol. The molecule has 0 saturated carbocycles. The van der Waals surface area contributed by atoms with Crippen molar-refractivity contribution >= 4 is 6.03 Å². The van der Waals surface area contributed by atoms with E-state index in [1.807, 2.05) is 0 Å². The molecule has 82 valence electrons. The maximum absolute atomic E-state index is 11.1. The van der Waals surface area contributed by atoms with E-state index in [-0.39, 0.29) is 31.5 Å². The molecule has 0 aliphatic heterocycles. The van der Waals surface area contributed by atoms with Crippen LogP contribution in [0.5, 0.6) is 5.75 Å². The van der Waals surface area contributed by atoms with Gasteiger partial charge in [-0.1, -0.05) is 18.2 Å². The van der Waals surface area contributed by atoms with Gasteiger partial charge in [-0.25, -0.2) is 4.79 Å². The van der Waals surface area contributed by atoms with E-state index in [2.05, 4.69) is 10.6 Å². The normalized spacial score (nSPS) is 9.67. The van der Waals surface area contributed by atoms with Gasteiger partial charge in [-0.3, -0.25) is 0 Å². The fourth-order valence-corrected chi connectivity index (χ4v) is 1.07. The summed E-state index contributed by atoms with van der Waals surface area (Å²) in [6.07, 6.45) is 0. The Morgan fingerprint density at radius 2 is 2.00 bits per heavy atom. The van der Waals surface area contributed by atoms with Crippen LogP contribution in [0.4, 0.5) is 4.79 Å². The lowest BCUT2D eigenvalue weighted by molar-refractivity contribution is 0.234. The summed E-state index contributed by atoms with van der Waals surface area (Å²) in [5.74, 6) is 0.153. The van der Waals surface area contributed by atoms with Crippen molar-refractivity contribution in [1.82, 2.24) is 10.6 Å². The van der Waals surface area contributed by atoms with Gasteiger partial charge in [-0.15, -0.1) is 0 Å². The highest BCUT2D eigenvalue weighted by atomic mass is 16.3. The van der Waals surface area contributed by atoms with Crippen molar-refractivity contribution in [2.45, 2.75) is 6.54 Å². The molecular formula is C10H14N2O3. The number of para-hydroxylation sites is 1. The van der Waals surface area contributed by atoms with Crippen LogP contribution < -0.4 is 10.6 Å². The van der Waals surface area contributed by atoms with Gasteiger partial charge in [-0.2, -0.15) is 0 Å². The molecule has 5 heteroatoms. The van der Waals surface area contributed by atoms with E-state index in [4.69, 9.17) is 5.11 Å². The van der Waals surface area contributed by atoms with Crippen LogP contribution >= 0.6 is 0 Å². The molecule has 5 nitrogen and oxygen atoms in total. The molecule has 0 radical (unpaired) electrons. The SMILES string of the molecule is O=C(NCCO)NCc1ccccc1O. The number of phenolic OH excluding ortho intramolecular Hbond substituents is 1. The number of aliphatic hydroxyl groups is 1. The van der Waals surface area contributed by atoms with E-state index in [0.29, 0.717) is 5.56 Å². The van der Waals surface area contributed by atoms with Crippen molar-refractivity contribution < 1.29 is 15.0 Å². The fraction of sp³-hybridized carbons (Fsp3) is 0.300. The minimum Gasteiger partial charge on any atom is -0.508 e. The summed E-state index contributed by atoms with van der Waals surface area (Å²) >= 11 is 0. The Hall–Kier alpha value is -1.75. The Kier molecular flexibility index (Phi) is 4.43. The average Bonchev–Trinajstić information content (AvgIpc) is 2.25. The number of nitrogens with one attached hydrogen (secondary N) is 2. The number of carbonyl (C=O) groups is 1. The van der Waals surface area contributed by atoms with Crippen LogP contribution in [0.15, 0.2) is 24.3 Å². The molecule has 0 fully saturated rings. The van der Waals surface area contributed by atoms with Crippen molar-refractivity contribution in [2.75, 3.05) is 13.2 Å². The molecule has 1 aromatic carbocycles. The molecule has 0 heterocycles. The first kappa shape index (κ1) is 11.3. The van der Waals surface area contributed by atoms with Crippen LogP contribution in [0.1, 0.15) is 5.56 Å². The largest absolute Gasteiger partial charge is 0.508 e. The Labute approximate surface area is 87.7 Å². The van der Waals surface area contributed by atoms with Crippen LogP contribution in [0.3, 0.4) is 0 Å². The van der Waals surface area contributed by atoms with Crippen LogP contribution in [0.2, 0.25) is 0 Å². The lowest BCUT2D eigenvalue weighted by Crippen LogP contribution is -2.36. The third-order valence-electron chi connectivity index (χ3n) is 1.83. The van der Waals surface area contributed by atoms with Gasteiger partial charge >= 0.3 is 6.03 Å². The van der Waals surface area contributed by atoms with E-state index in [1.165, 1.54) is 0 Å². The zero-order chi connectivity index (χ0) is 11.1. The summed E-state index contributed by atoms with van der Waals surface area (Å²) in [5.41, 5.74) is 0.650. The molecule has 4 N–H and O–H groups in total. The minimum absolute atomic E-state index is 0.0932. The molecule has 0 saturated heterocycles. The summed E-state index contributed by atoms with van der Waals surface area (Å²) in [6.45, 7) is 0.376. The van der Waals surface area contributed by atoms with Crippen LogP contribution in [-0.2, 0) is 6.54 Å². The monoisotopic (exact) mass is 210 g/mol. The first-order valence-corrected chi connectivity index (χ1v) is 4.63. The maximum Gasteiger partial charge on any atom is 0.315 e. The fourth-order valence-electron chi connectivity index (χ4n) is 1.07. The number of carbonyl (C=O) groups excluding carboxylic acids is 1. The van der Waals surface area contributed by atoms with Crippen molar-refractivity contribution in [3.8, 4) is 5.75 Å². The second-order valence-electron chi connectivity index (χ2n) is 2.96. The van der Waals surface area contributed by atoms with Gasteiger partial charge in [0.15, 0.2) is 0 Å². The number of aliphatic hydroxyl groups excluding tert-OH is 1. The Balaban J connectivity index is 2.37. The van der Waals surface area contributed by atoms with Crippen molar-refractivity contribution in [3.05, 3.63) is 29.8 Å². The van der Waals surface area contributed by atoms with Crippen molar-refractivity contribution in [2.24, 2.45) is 0 Å². The lowest BCUT2D eigenvalue weighted by atomic mass is 10.2. The Morgan fingerprint density at radius 1 is 1.27 bits per heavy atom. The molecule has 0 aromatic heterocycles. The molecule has 15 heavy (non-hydrogen) atoms. The van der Waals surface area contributed by atoms with E-state index >= 15 is 0 Å². The number of hydrogen-bond donors (Lipinski definition) is 4. The Bertz CT molecular complexity index is 328. The van der Waals surface area contributed by atoms with Gasteiger partial charge in [0.05, 0.1) is 6.61 Å². The van der Waals surface area contributed by atoms with Crippen molar-refractivity contribution in [3.63, 3.8) is 0 Å². The van der Waals surface area contributed by atoms with Crippen LogP contribution in [-0.4, -0.2) is 29.4 Å². The second-order valence-corrected chi connectivity index (χ2v) is 2.96. The molecule has 0 bridgehead atoms. The number of rotatable bonds is 4. The quantitative estimate of drug-likeness (QED) is 0.572. The first-order chi connectivity index (χ1) is 7.24. The maximum atomic E-state index is 11.1. The van der Waals surface area contributed by atoms with Gasteiger partial charge in [-0.05, 0) is 6.07 Å². The second kappa shape index (κ2) is 5.87. The molecule has 0 unspecified atom stereocenters. The predicted molar refractivity (Wildman–Crippen MR) is 55.4 cm³/mol. The highest BCUT2D eigenvalue weighted by Gasteiger charge is 2.02. The zero-order valence-electron chi connectivity index (χ0n) is 8.23. The lowest BCUT2D eigenvalue weighted by Gasteiger charge is -2.07. The average molecular weight is 210 g/mol. The standard InChI is InChI=1S/C10H14N2O3/c13-6-5-11-10(15)12-7-8-3-1-2-4-9(8)14/h1-4,13-14H,5-7H2,(H2,11,12,15). The highest BCUT2D eigenvalue weighted by molar-refractivity contribution is 5.73. The van der Waals surface area contributed by atoms with E-state index in [1.54, 1.807) is 24.3 Å². The summed E-state index contributed by atoms with van der Waals surface area (Å²) in [5, 5.41) is 22.8. The number of amides is 2. The molecule has 0 spiro atoms. The van der Waals surface area contributed by atoms with Gasteiger partial charge in [0.25, 0.3) is 0 Å². The molecule has 0 aliphatic rings. The minimum atomic E-state index is -0.368.